The summed E-state index contributed by atoms with van der Waals surface area (Å²) in [6.45, 7) is 8.33. The molecule has 224 valence electrons. The Bertz CT molecular complexity index is 1520. The molecule has 0 spiro atoms. The number of aryl methyl sites for hydroxylation is 1. The number of carbonyl (C=O) groups is 1. The Labute approximate surface area is 257 Å². The van der Waals surface area contributed by atoms with E-state index in [0.29, 0.717) is 38.0 Å². The summed E-state index contributed by atoms with van der Waals surface area (Å²) in [6, 6.07) is 23.3. The van der Waals surface area contributed by atoms with Crippen LogP contribution in [0.1, 0.15) is 22.3 Å². The van der Waals surface area contributed by atoms with Gasteiger partial charge in [-0.05, 0) is 36.2 Å². The number of carbonyl (C=O) groups excluding carboxylic acids is 1. The number of anilines is 2. The number of amides is 1. The molecule has 1 N–H and O–H groups in total. The number of hydrogen-bond acceptors (Lipinski definition) is 8. The summed E-state index contributed by atoms with van der Waals surface area (Å²) in [5.74, 6) is 0.809. The zero-order valence-corrected chi connectivity index (χ0v) is 25.4. The fraction of sp³-hybridized carbons (Fsp3) is 0.353. The van der Waals surface area contributed by atoms with Crippen LogP contribution >= 0.6 is 11.3 Å². The maximum absolute atomic E-state index is 13.1. The van der Waals surface area contributed by atoms with Gasteiger partial charge in [-0.25, -0.2) is 4.98 Å². The summed E-state index contributed by atoms with van der Waals surface area (Å²) in [4.78, 5) is 22.2. The summed E-state index contributed by atoms with van der Waals surface area (Å²) in [7, 11) is 0. The van der Waals surface area contributed by atoms with Crippen LogP contribution in [-0.2, 0) is 27.2 Å². The lowest BCUT2D eigenvalue weighted by Gasteiger charge is -2.29. The molecule has 0 unspecified atom stereocenters. The van der Waals surface area contributed by atoms with Crippen LogP contribution in [0.15, 0.2) is 72.1 Å². The predicted octanol–water partition coefficient (Wildman–Crippen LogP) is 5.40. The molecule has 9 heteroatoms. The zero-order chi connectivity index (χ0) is 29.4. The van der Waals surface area contributed by atoms with Crippen LogP contribution in [0.5, 0.6) is 5.75 Å². The first-order valence-corrected chi connectivity index (χ1v) is 15.8. The quantitative estimate of drug-likeness (QED) is 0.330. The van der Waals surface area contributed by atoms with E-state index in [1.165, 1.54) is 28.2 Å². The molecule has 2 aliphatic heterocycles. The van der Waals surface area contributed by atoms with Crippen molar-refractivity contribution in [2.45, 2.75) is 19.9 Å². The monoisotopic (exact) mass is 598 g/mol. The Balaban J connectivity index is 1.14. The molecule has 3 aromatic carbocycles. The van der Waals surface area contributed by atoms with E-state index in [-0.39, 0.29) is 12.5 Å². The van der Waals surface area contributed by atoms with Gasteiger partial charge in [-0.3, -0.25) is 9.69 Å². The van der Waals surface area contributed by atoms with Crippen molar-refractivity contribution >= 4 is 28.1 Å². The number of nitrogens with one attached hydrogen (secondary N) is 1. The van der Waals surface area contributed by atoms with Gasteiger partial charge in [0.2, 0.25) is 5.91 Å². The Hall–Kier alpha value is -3.76. The Morgan fingerprint density at radius 3 is 2.56 bits per heavy atom. The molecule has 2 bridgehead atoms. The average Bonchev–Trinajstić information content (AvgIpc) is 3.48. The molecule has 2 aliphatic rings. The van der Waals surface area contributed by atoms with Gasteiger partial charge in [0.1, 0.15) is 12.4 Å². The van der Waals surface area contributed by atoms with Gasteiger partial charge in [0.05, 0.1) is 38.7 Å². The van der Waals surface area contributed by atoms with E-state index in [1.807, 2.05) is 5.38 Å². The standard InChI is InChI=1S/C34H38N4O4S/c1-25-5-7-28(8-6-25)31-24-43-34(35-31)36-33(39)23-37-11-14-41-17-18-42-32-10-9-30(38-12-15-40-16-13-38)21-29(32)20-26-3-2-4-27(19-26)22-37/h2-10,19,21,24H,11-18,20,22-23H2,1H3,(H,35,36,39). The van der Waals surface area contributed by atoms with Crippen LogP contribution in [0.2, 0.25) is 0 Å². The fourth-order valence-electron chi connectivity index (χ4n) is 5.45. The third-order valence-corrected chi connectivity index (χ3v) is 8.47. The highest BCUT2D eigenvalue weighted by Crippen LogP contribution is 2.29. The van der Waals surface area contributed by atoms with E-state index in [4.69, 9.17) is 14.2 Å². The van der Waals surface area contributed by atoms with Gasteiger partial charge in [0.25, 0.3) is 0 Å². The summed E-state index contributed by atoms with van der Waals surface area (Å²) >= 11 is 1.44. The lowest BCUT2D eigenvalue weighted by atomic mass is 10.0. The first-order valence-electron chi connectivity index (χ1n) is 14.9. The van der Waals surface area contributed by atoms with E-state index < -0.39 is 0 Å². The van der Waals surface area contributed by atoms with Crippen molar-refractivity contribution in [3.05, 3.63) is 94.4 Å². The number of nitrogens with zero attached hydrogens (tertiary/aromatic N) is 3. The van der Waals surface area contributed by atoms with Gasteiger partial charge in [-0.1, -0.05) is 54.1 Å². The SMILES string of the molecule is Cc1ccc(-c2csc(NC(=O)CN3CCOCCOc4ccc(N5CCOCC5)cc4Cc4cccc(c4)C3)n2)cc1. The smallest absolute Gasteiger partial charge is 0.240 e. The second-order valence-electron chi connectivity index (χ2n) is 11.0. The van der Waals surface area contributed by atoms with Gasteiger partial charge in [0.15, 0.2) is 5.13 Å². The number of thiazole rings is 1. The fourth-order valence-corrected chi connectivity index (χ4v) is 6.19. The molecule has 0 atom stereocenters. The van der Waals surface area contributed by atoms with Gasteiger partial charge < -0.3 is 24.4 Å². The normalized spacial score (nSPS) is 16.5. The summed E-state index contributed by atoms with van der Waals surface area (Å²) in [5, 5.41) is 5.58. The lowest BCUT2D eigenvalue weighted by Crippen LogP contribution is -2.36. The van der Waals surface area contributed by atoms with Crippen LogP contribution in [-0.4, -0.2) is 75.0 Å². The van der Waals surface area contributed by atoms with Crippen molar-refractivity contribution in [2.75, 3.05) is 69.4 Å². The maximum Gasteiger partial charge on any atom is 0.240 e. The molecule has 43 heavy (non-hydrogen) atoms. The van der Waals surface area contributed by atoms with Crippen LogP contribution in [0.3, 0.4) is 0 Å². The highest BCUT2D eigenvalue weighted by molar-refractivity contribution is 7.14. The number of hydrogen-bond donors (Lipinski definition) is 1. The van der Waals surface area contributed by atoms with Crippen molar-refractivity contribution in [1.29, 1.82) is 0 Å². The number of fused-ring (bicyclic) bond motifs is 3. The van der Waals surface area contributed by atoms with Crippen molar-refractivity contribution in [2.24, 2.45) is 0 Å². The van der Waals surface area contributed by atoms with Gasteiger partial charge in [-0.15, -0.1) is 11.3 Å². The molecule has 1 aromatic heterocycles. The predicted molar refractivity (Wildman–Crippen MR) is 171 cm³/mol. The van der Waals surface area contributed by atoms with E-state index in [9.17, 15) is 4.79 Å². The van der Waals surface area contributed by atoms with Gasteiger partial charge in [-0.2, -0.15) is 0 Å². The number of benzene rings is 3. The highest BCUT2D eigenvalue weighted by Gasteiger charge is 2.17. The van der Waals surface area contributed by atoms with Crippen LogP contribution in [0.25, 0.3) is 11.3 Å². The minimum atomic E-state index is -0.0880. The van der Waals surface area contributed by atoms with E-state index in [0.717, 1.165) is 60.9 Å². The van der Waals surface area contributed by atoms with Crippen LogP contribution < -0.4 is 15.0 Å². The Kier molecular flexibility index (Phi) is 9.64. The average molecular weight is 599 g/mol. The number of aromatic nitrogens is 1. The highest BCUT2D eigenvalue weighted by atomic mass is 32.1. The molecular weight excluding hydrogens is 560 g/mol. The largest absolute Gasteiger partial charge is 0.491 e. The third-order valence-electron chi connectivity index (χ3n) is 7.71. The third kappa shape index (κ3) is 8.00. The molecule has 0 saturated carbocycles. The van der Waals surface area contributed by atoms with Crippen molar-refractivity contribution < 1.29 is 19.0 Å². The topological polar surface area (TPSA) is 76.2 Å². The molecule has 0 radical (unpaired) electrons. The summed E-state index contributed by atoms with van der Waals surface area (Å²) < 4.78 is 17.7. The van der Waals surface area contributed by atoms with Crippen LogP contribution in [0, 0.1) is 6.92 Å². The Morgan fingerprint density at radius 1 is 0.907 bits per heavy atom. The van der Waals surface area contributed by atoms with Crippen LogP contribution in [0.4, 0.5) is 10.8 Å². The molecule has 3 heterocycles. The van der Waals surface area contributed by atoms with Gasteiger partial charge >= 0.3 is 0 Å². The summed E-state index contributed by atoms with van der Waals surface area (Å²) in [6.07, 6.45) is 0.760. The minimum absolute atomic E-state index is 0.0880. The molecule has 1 fully saturated rings. The van der Waals surface area contributed by atoms with E-state index in [1.54, 1.807) is 0 Å². The van der Waals surface area contributed by atoms with E-state index >= 15 is 0 Å². The van der Waals surface area contributed by atoms with E-state index in [2.05, 4.69) is 93.8 Å². The number of ether oxygens (including phenoxy) is 3. The first-order chi connectivity index (χ1) is 21.1. The van der Waals surface area contributed by atoms with Crippen molar-refractivity contribution in [3.8, 4) is 17.0 Å². The second-order valence-corrected chi connectivity index (χ2v) is 11.9. The molecule has 1 amide bonds. The molecule has 4 aromatic rings. The molecule has 6 rings (SSSR count). The lowest BCUT2D eigenvalue weighted by molar-refractivity contribution is -0.117. The Morgan fingerprint density at radius 2 is 1.70 bits per heavy atom. The molecule has 0 aliphatic carbocycles. The first kappa shape index (κ1) is 29.3. The maximum atomic E-state index is 13.1. The van der Waals surface area contributed by atoms with Gasteiger partial charge in [0, 0.05) is 54.8 Å². The second kappa shape index (κ2) is 14.1. The number of rotatable bonds is 5. The number of morpholine rings is 1. The zero-order valence-electron chi connectivity index (χ0n) is 24.6. The van der Waals surface area contributed by atoms with Crippen molar-refractivity contribution in [1.82, 2.24) is 9.88 Å². The summed E-state index contributed by atoms with van der Waals surface area (Å²) in [5.41, 5.74) is 7.83. The molecular formula is C34H38N4O4S. The molecule has 8 nitrogen and oxygen atoms in total. The minimum Gasteiger partial charge on any atom is -0.491 e. The molecule has 1 saturated heterocycles. The van der Waals surface area contributed by atoms with Crippen molar-refractivity contribution in [3.63, 3.8) is 0 Å².